The molecule has 0 amide bonds. The van der Waals surface area contributed by atoms with Gasteiger partial charge in [0.2, 0.25) is 5.16 Å². The number of hydrogen-bond donors (Lipinski definition) is 1. The van der Waals surface area contributed by atoms with E-state index in [1.54, 1.807) is 0 Å². The molecule has 0 saturated heterocycles. The first-order valence-corrected chi connectivity index (χ1v) is 7.91. The van der Waals surface area contributed by atoms with Crippen LogP contribution in [-0.4, -0.2) is 26.7 Å². The van der Waals surface area contributed by atoms with Gasteiger partial charge in [0.15, 0.2) is 11.6 Å². The highest BCUT2D eigenvalue weighted by molar-refractivity contribution is 7.99. The first kappa shape index (κ1) is 17.2. The second-order valence-corrected chi connectivity index (χ2v) is 5.90. The summed E-state index contributed by atoms with van der Waals surface area (Å²) in [6.07, 6.45) is 0. The summed E-state index contributed by atoms with van der Waals surface area (Å²) in [5, 5.41) is 6.45. The minimum atomic E-state index is -0.821. The van der Waals surface area contributed by atoms with Crippen LogP contribution in [0, 0.1) is 23.3 Å². The van der Waals surface area contributed by atoms with Crippen molar-refractivity contribution in [1.82, 2.24) is 15.2 Å². The van der Waals surface area contributed by atoms with E-state index in [2.05, 4.69) is 15.2 Å². The second kappa shape index (κ2) is 7.06. The van der Waals surface area contributed by atoms with Crippen LogP contribution in [0.25, 0.3) is 11.4 Å². The molecule has 1 aromatic heterocycles. The third-order valence-corrected chi connectivity index (χ3v) is 4.01. The van der Waals surface area contributed by atoms with Crippen LogP contribution in [0.2, 0.25) is 0 Å². The molecule has 0 fully saturated rings. The van der Waals surface area contributed by atoms with Crippen molar-refractivity contribution in [3.8, 4) is 11.4 Å². The molecule has 0 aliphatic carbocycles. The minimum Gasteiger partial charge on any atom is -0.293 e. The summed E-state index contributed by atoms with van der Waals surface area (Å²) in [6.45, 7) is 0. The van der Waals surface area contributed by atoms with Crippen molar-refractivity contribution in [2.45, 2.75) is 5.16 Å². The SMILES string of the molecule is O=C(CSc1n[nH]c(-c2cc(F)cc(F)c2)n1)c1cc(F)ccc1F. The van der Waals surface area contributed by atoms with E-state index in [4.69, 9.17) is 0 Å². The maximum atomic E-state index is 13.5. The summed E-state index contributed by atoms with van der Waals surface area (Å²) >= 11 is 0.882. The molecule has 2 aromatic carbocycles. The van der Waals surface area contributed by atoms with E-state index in [9.17, 15) is 22.4 Å². The molecular weight excluding hydrogens is 358 g/mol. The molecule has 0 atom stereocenters. The zero-order valence-electron chi connectivity index (χ0n) is 12.4. The fraction of sp³-hybridized carbons (Fsp3) is 0.0625. The highest BCUT2D eigenvalue weighted by Gasteiger charge is 2.15. The molecule has 0 radical (unpaired) electrons. The van der Waals surface area contributed by atoms with Crippen molar-refractivity contribution in [1.29, 1.82) is 0 Å². The lowest BCUT2D eigenvalue weighted by atomic mass is 10.1. The zero-order valence-corrected chi connectivity index (χ0v) is 13.2. The number of ketones is 1. The number of aromatic nitrogens is 3. The number of H-pyrrole nitrogens is 1. The smallest absolute Gasteiger partial charge is 0.209 e. The number of nitrogens with one attached hydrogen (secondary N) is 1. The van der Waals surface area contributed by atoms with Crippen LogP contribution in [0.4, 0.5) is 17.6 Å². The van der Waals surface area contributed by atoms with Gasteiger partial charge in [0.05, 0.1) is 11.3 Å². The molecule has 0 unspecified atom stereocenters. The van der Waals surface area contributed by atoms with Gasteiger partial charge in [-0.3, -0.25) is 9.89 Å². The maximum absolute atomic E-state index is 13.5. The topological polar surface area (TPSA) is 58.6 Å². The standard InChI is InChI=1S/C16H9F4N3OS/c17-9-1-2-13(20)12(6-9)14(24)7-25-16-21-15(22-23-16)8-3-10(18)5-11(19)4-8/h1-6H,7H2,(H,21,22,23). The molecule has 0 bridgehead atoms. The Morgan fingerprint density at radius 1 is 1.00 bits per heavy atom. The minimum absolute atomic E-state index is 0.116. The Morgan fingerprint density at radius 2 is 1.72 bits per heavy atom. The van der Waals surface area contributed by atoms with Gasteiger partial charge in [-0.1, -0.05) is 11.8 Å². The summed E-state index contributed by atoms with van der Waals surface area (Å²) in [5.74, 6) is -3.82. The van der Waals surface area contributed by atoms with Crippen LogP contribution in [0.3, 0.4) is 0 Å². The predicted octanol–water partition coefficient (Wildman–Crippen LogP) is 4.00. The van der Waals surface area contributed by atoms with Crippen molar-refractivity contribution in [2.75, 3.05) is 5.75 Å². The van der Waals surface area contributed by atoms with Crippen LogP contribution in [-0.2, 0) is 0 Å². The fourth-order valence-corrected chi connectivity index (χ4v) is 2.73. The Morgan fingerprint density at radius 3 is 2.44 bits per heavy atom. The fourth-order valence-electron chi connectivity index (χ4n) is 2.05. The summed E-state index contributed by atoms with van der Waals surface area (Å²) in [4.78, 5) is 16.0. The Labute approximate surface area is 143 Å². The Balaban J connectivity index is 1.71. The average molecular weight is 367 g/mol. The molecule has 9 heteroatoms. The molecule has 1 N–H and O–H groups in total. The number of benzene rings is 2. The Bertz CT molecular complexity index is 925. The van der Waals surface area contributed by atoms with E-state index >= 15 is 0 Å². The Hall–Kier alpha value is -2.68. The van der Waals surface area contributed by atoms with Gasteiger partial charge in [-0.15, -0.1) is 5.10 Å². The van der Waals surface area contributed by atoms with Gasteiger partial charge in [0, 0.05) is 11.6 Å². The highest BCUT2D eigenvalue weighted by atomic mass is 32.2. The highest BCUT2D eigenvalue weighted by Crippen LogP contribution is 2.22. The van der Waals surface area contributed by atoms with E-state index in [0.29, 0.717) is 0 Å². The second-order valence-electron chi connectivity index (χ2n) is 4.96. The summed E-state index contributed by atoms with van der Waals surface area (Å²) in [6, 6.07) is 5.48. The van der Waals surface area contributed by atoms with E-state index in [1.807, 2.05) is 0 Å². The number of nitrogens with zero attached hydrogens (tertiary/aromatic N) is 2. The van der Waals surface area contributed by atoms with Crippen LogP contribution in [0.15, 0.2) is 41.6 Å². The lowest BCUT2D eigenvalue weighted by Gasteiger charge is -2.01. The first-order valence-electron chi connectivity index (χ1n) is 6.92. The summed E-state index contributed by atoms with van der Waals surface area (Å²) in [5.41, 5.74) is -0.213. The number of hydrogen-bond acceptors (Lipinski definition) is 4. The van der Waals surface area contributed by atoms with E-state index in [0.717, 1.165) is 48.2 Å². The summed E-state index contributed by atoms with van der Waals surface area (Å²) in [7, 11) is 0. The number of thioether (sulfide) groups is 1. The van der Waals surface area contributed by atoms with Crippen molar-refractivity contribution in [3.05, 3.63) is 65.2 Å². The lowest BCUT2D eigenvalue weighted by Crippen LogP contribution is -2.06. The van der Waals surface area contributed by atoms with Gasteiger partial charge >= 0.3 is 0 Å². The maximum Gasteiger partial charge on any atom is 0.209 e. The normalized spacial score (nSPS) is 10.9. The van der Waals surface area contributed by atoms with Crippen molar-refractivity contribution < 1.29 is 22.4 Å². The number of carbonyl (C=O) groups excluding carboxylic acids is 1. The average Bonchev–Trinajstić information content (AvgIpc) is 3.03. The molecule has 0 aliphatic heterocycles. The number of halogens is 4. The van der Waals surface area contributed by atoms with Gasteiger partial charge in [-0.05, 0) is 30.3 Å². The van der Waals surface area contributed by atoms with E-state index in [-0.39, 0.29) is 27.9 Å². The van der Waals surface area contributed by atoms with E-state index < -0.39 is 29.1 Å². The molecule has 25 heavy (non-hydrogen) atoms. The predicted molar refractivity (Wildman–Crippen MR) is 83.1 cm³/mol. The molecular formula is C16H9F4N3OS. The van der Waals surface area contributed by atoms with Crippen LogP contribution >= 0.6 is 11.8 Å². The molecule has 1 heterocycles. The molecule has 3 aromatic rings. The van der Waals surface area contributed by atoms with Crippen LogP contribution in [0.1, 0.15) is 10.4 Å². The third-order valence-electron chi connectivity index (χ3n) is 3.16. The van der Waals surface area contributed by atoms with Crippen molar-refractivity contribution >= 4 is 17.5 Å². The molecule has 0 saturated carbocycles. The van der Waals surface area contributed by atoms with E-state index in [1.165, 1.54) is 0 Å². The Kier molecular flexibility index (Phi) is 4.84. The number of rotatable bonds is 5. The van der Waals surface area contributed by atoms with Gasteiger partial charge in [0.1, 0.15) is 23.3 Å². The van der Waals surface area contributed by atoms with Gasteiger partial charge < -0.3 is 0 Å². The molecule has 0 spiro atoms. The largest absolute Gasteiger partial charge is 0.293 e. The molecule has 128 valence electrons. The van der Waals surface area contributed by atoms with Crippen LogP contribution in [0.5, 0.6) is 0 Å². The van der Waals surface area contributed by atoms with Crippen molar-refractivity contribution in [2.24, 2.45) is 0 Å². The van der Waals surface area contributed by atoms with Gasteiger partial charge in [-0.2, -0.15) is 0 Å². The van der Waals surface area contributed by atoms with Gasteiger partial charge in [0.25, 0.3) is 0 Å². The monoisotopic (exact) mass is 367 g/mol. The van der Waals surface area contributed by atoms with Crippen LogP contribution < -0.4 is 0 Å². The third kappa shape index (κ3) is 4.05. The molecule has 4 nitrogen and oxygen atoms in total. The number of aromatic amines is 1. The zero-order chi connectivity index (χ0) is 18.0. The van der Waals surface area contributed by atoms with Gasteiger partial charge in [-0.25, -0.2) is 22.5 Å². The molecule has 3 rings (SSSR count). The molecule has 0 aliphatic rings. The summed E-state index contributed by atoms with van der Waals surface area (Å²) < 4.78 is 53.1. The number of Topliss-reactive ketones (excluding diaryl/α,β-unsaturated/α-hetero) is 1. The first-order chi connectivity index (χ1) is 11.9. The number of carbonyl (C=O) groups is 1. The lowest BCUT2D eigenvalue weighted by molar-refractivity contribution is 0.101. The quantitative estimate of drug-likeness (QED) is 0.421. The van der Waals surface area contributed by atoms with Crippen molar-refractivity contribution in [3.63, 3.8) is 0 Å².